The summed E-state index contributed by atoms with van der Waals surface area (Å²) < 4.78 is 5.70. The van der Waals surface area contributed by atoms with Gasteiger partial charge >= 0.3 is 0 Å². The summed E-state index contributed by atoms with van der Waals surface area (Å²) >= 11 is 0. The number of aliphatic hydroxyl groups excluding tert-OH is 1. The van der Waals surface area contributed by atoms with Crippen LogP contribution in [-0.4, -0.2) is 10.0 Å². The molecule has 2 rings (SSSR count). The van der Waals surface area contributed by atoms with E-state index in [4.69, 9.17) is 4.74 Å². The van der Waals surface area contributed by atoms with Crippen LogP contribution in [0.25, 0.3) is 0 Å². The molecule has 5 heteroatoms. The summed E-state index contributed by atoms with van der Waals surface area (Å²) in [6.07, 6.45) is -0.541. The van der Waals surface area contributed by atoms with Crippen molar-refractivity contribution in [1.82, 2.24) is 0 Å². The van der Waals surface area contributed by atoms with E-state index in [0.29, 0.717) is 17.1 Å². The molecule has 1 N–H and O–H groups in total. The molecule has 0 fully saturated rings. The van der Waals surface area contributed by atoms with Gasteiger partial charge in [0.25, 0.3) is 5.69 Å². The Morgan fingerprint density at radius 1 is 1.14 bits per heavy atom. The Kier molecular flexibility index (Phi) is 4.23. The fourth-order valence-electron chi connectivity index (χ4n) is 2.07. The van der Waals surface area contributed by atoms with Gasteiger partial charge in [-0.15, -0.1) is 0 Å². The molecule has 0 radical (unpaired) electrons. The van der Waals surface area contributed by atoms with E-state index in [1.165, 1.54) is 6.07 Å². The van der Waals surface area contributed by atoms with E-state index in [1.54, 1.807) is 44.2 Å². The number of nitro benzene ring substituents is 1. The van der Waals surface area contributed by atoms with Crippen molar-refractivity contribution in [1.29, 1.82) is 0 Å². The third kappa shape index (κ3) is 3.38. The van der Waals surface area contributed by atoms with Gasteiger partial charge in [0.05, 0.1) is 17.1 Å². The summed E-state index contributed by atoms with van der Waals surface area (Å²) in [7, 11) is 0. The summed E-state index contributed by atoms with van der Waals surface area (Å²) in [4.78, 5) is 10.6. The highest BCUT2D eigenvalue weighted by Gasteiger charge is 2.15. The Labute approximate surface area is 123 Å². The molecule has 0 heterocycles. The number of aliphatic hydroxyl groups is 1. The molecule has 0 saturated carbocycles. The van der Waals surface area contributed by atoms with Crippen molar-refractivity contribution in [3.63, 3.8) is 0 Å². The summed E-state index contributed by atoms with van der Waals surface area (Å²) in [5, 5.41) is 20.4. The average molecular weight is 287 g/mol. The van der Waals surface area contributed by atoms with Crippen LogP contribution in [0.5, 0.6) is 11.5 Å². The highest BCUT2D eigenvalue weighted by molar-refractivity contribution is 5.51. The third-order valence-electron chi connectivity index (χ3n) is 3.28. The van der Waals surface area contributed by atoms with Gasteiger partial charge in [-0.05, 0) is 50.1 Å². The molecule has 0 saturated heterocycles. The van der Waals surface area contributed by atoms with Gasteiger partial charge in [0.1, 0.15) is 11.5 Å². The van der Waals surface area contributed by atoms with E-state index in [9.17, 15) is 15.2 Å². The Morgan fingerprint density at radius 2 is 1.76 bits per heavy atom. The second-order valence-electron chi connectivity index (χ2n) is 5.01. The monoisotopic (exact) mass is 287 g/mol. The lowest BCUT2D eigenvalue weighted by molar-refractivity contribution is -0.385. The van der Waals surface area contributed by atoms with E-state index in [1.807, 2.05) is 6.92 Å². The molecule has 0 bridgehead atoms. The Morgan fingerprint density at radius 3 is 2.29 bits per heavy atom. The number of hydrogen-bond donors (Lipinski definition) is 1. The molecule has 1 atom stereocenters. The molecule has 5 nitrogen and oxygen atoms in total. The van der Waals surface area contributed by atoms with Crippen LogP contribution in [0.4, 0.5) is 5.69 Å². The first-order valence-electron chi connectivity index (χ1n) is 6.60. The lowest BCUT2D eigenvalue weighted by Gasteiger charge is -2.11. The van der Waals surface area contributed by atoms with Crippen LogP contribution in [0.2, 0.25) is 0 Å². The van der Waals surface area contributed by atoms with Gasteiger partial charge in [0.15, 0.2) is 0 Å². The van der Waals surface area contributed by atoms with Gasteiger partial charge in [0, 0.05) is 5.56 Å². The van der Waals surface area contributed by atoms with Crippen molar-refractivity contribution >= 4 is 5.69 Å². The molecule has 2 aromatic rings. The minimum absolute atomic E-state index is 0.0381. The molecule has 21 heavy (non-hydrogen) atoms. The third-order valence-corrected chi connectivity index (χ3v) is 3.28. The highest BCUT2D eigenvalue weighted by atomic mass is 16.6. The summed E-state index contributed by atoms with van der Waals surface area (Å²) in [5.74, 6) is 1.03. The molecular formula is C16H17NO4. The first kappa shape index (κ1) is 15.0. The van der Waals surface area contributed by atoms with Gasteiger partial charge in [-0.1, -0.05) is 12.1 Å². The van der Waals surface area contributed by atoms with Crippen molar-refractivity contribution in [2.24, 2.45) is 0 Å². The van der Waals surface area contributed by atoms with Crippen molar-refractivity contribution < 1.29 is 14.8 Å². The number of nitro groups is 1. The van der Waals surface area contributed by atoms with Crippen LogP contribution in [0.15, 0.2) is 36.4 Å². The Bertz CT molecular complexity index is 663. The van der Waals surface area contributed by atoms with Gasteiger partial charge in [-0.25, -0.2) is 0 Å². The number of benzene rings is 2. The SMILES string of the molecule is Cc1cc(C)c([N+](=O)[O-])cc1Oc1ccc([C@@H](C)O)cc1. The fraction of sp³-hybridized carbons (Fsp3) is 0.250. The zero-order valence-electron chi connectivity index (χ0n) is 12.2. The van der Waals surface area contributed by atoms with Gasteiger partial charge in [-0.2, -0.15) is 0 Å². The number of aryl methyl sites for hydroxylation is 2. The maximum Gasteiger partial charge on any atom is 0.276 e. The first-order chi connectivity index (χ1) is 9.88. The molecule has 2 aromatic carbocycles. The zero-order valence-corrected chi connectivity index (χ0v) is 12.2. The zero-order chi connectivity index (χ0) is 15.6. The average Bonchev–Trinajstić information content (AvgIpc) is 2.42. The van der Waals surface area contributed by atoms with Crippen molar-refractivity contribution in [2.45, 2.75) is 26.9 Å². The van der Waals surface area contributed by atoms with Gasteiger partial charge in [-0.3, -0.25) is 10.1 Å². The molecule has 0 aromatic heterocycles. The van der Waals surface area contributed by atoms with Crippen LogP contribution >= 0.6 is 0 Å². The minimum atomic E-state index is -0.541. The number of rotatable bonds is 4. The van der Waals surface area contributed by atoms with Crippen LogP contribution in [0.3, 0.4) is 0 Å². The molecule has 0 unspecified atom stereocenters. The van der Waals surface area contributed by atoms with E-state index in [2.05, 4.69) is 0 Å². The lowest BCUT2D eigenvalue weighted by atomic mass is 10.1. The lowest BCUT2D eigenvalue weighted by Crippen LogP contribution is -1.96. The number of hydrogen-bond acceptors (Lipinski definition) is 4. The van der Waals surface area contributed by atoms with Crippen LogP contribution < -0.4 is 4.74 Å². The molecular weight excluding hydrogens is 270 g/mol. The smallest absolute Gasteiger partial charge is 0.276 e. The second-order valence-corrected chi connectivity index (χ2v) is 5.01. The second kappa shape index (κ2) is 5.93. The van der Waals surface area contributed by atoms with Crippen molar-refractivity contribution in [3.8, 4) is 11.5 Å². The first-order valence-corrected chi connectivity index (χ1v) is 6.60. The summed E-state index contributed by atoms with van der Waals surface area (Å²) in [6.45, 7) is 5.23. The summed E-state index contributed by atoms with van der Waals surface area (Å²) in [5.41, 5.74) is 2.26. The quantitative estimate of drug-likeness (QED) is 0.680. The Hall–Kier alpha value is -2.40. The highest BCUT2D eigenvalue weighted by Crippen LogP contribution is 2.31. The maximum atomic E-state index is 11.0. The molecule has 0 aliphatic rings. The predicted molar refractivity (Wildman–Crippen MR) is 79.7 cm³/mol. The van der Waals surface area contributed by atoms with Crippen molar-refractivity contribution in [2.75, 3.05) is 0 Å². The van der Waals surface area contributed by atoms with E-state index < -0.39 is 11.0 Å². The topological polar surface area (TPSA) is 72.6 Å². The normalized spacial score (nSPS) is 12.0. The Balaban J connectivity index is 2.30. The van der Waals surface area contributed by atoms with Crippen molar-refractivity contribution in [3.05, 3.63) is 63.2 Å². The number of ether oxygens (including phenoxy) is 1. The molecule has 0 amide bonds. The minimum Gasteiger partial charge on any atom is -0.457 e. The fourth-order valence-corrected chi connectivity index (χ4v) is 2.07. The van der Waals surface area contributed by atoms with E-state index in [-0.39, 0.29) is 5.69 Å². The van der Waals surface area contributed by atoms with Crippen LogP contribution in [0.1, 0.15) is 29.7 Å². The molecule has 0 aliphatic carbocycles. The van der Waals surface area contributed by atoms with Gasteiger partial charge in [0.2, 0.25) is 0 Å². The van der Waals surface area contributed by atoms with Crippen LogP contribution in [-0.2, 0) is 0 Å². The predicted octanol–water partition coefficient (Wildman–Crippen LogP) is 4.06. The van der Waals surface area contributed by atoms with Gasteiger partial charge < -0.3 is 9.84 Å². The largest absolute Gasteiger partial charge is 0.457 e. The summed E-state index contributed by atoms with van der Waals surface area (Å²) in [6, 6.07) is 10.2. The van der Waals surface area contributed by atoms with Crippen LogP contribution in [0, 0.1) is 24.0 Å². The van der Waals surface area contributed by atoms with E-state index in [0.717, 1.165) is 11.1 Å². The standard InChI is InChI=1S/C16H17NO4/c1-10-8-11(2)16(9-15(10)17(19)20)21-14-6-4-13(5-7-14)12(3)18/h4-9,12,18H,1-3H3/t12-/m1/s1. The molecule has 0 spiro atoms. The molecule has 110 valence electrons. The molecule has 0 aliphatic heterocycles. The maximum absolute atomic E-state index is 11.0. The number of nitrogens with zero attached hydrogens (tertiary/aromatic N) is 1. The van der Waals surface area contributed by atoms with E-state index >= 15 is 0 Å².